The lowest BCUT2D eigenvalue weighted by Gasteiger charge is -2.20. The average molecular weight is 382 g/mol. The van der Waals surface area contributed by atoms with Crippen LogP contribution in [0.4, 0.5) is 5.69 Å². The summed E-state index contributed by atoms with van der Waals surface area (Å²) < 4.78 is 28.4. The number of aryl methyl sites for hydroxylation is 1. The van der Waals surface area contributed by atoms with Crippen LogP contribution in [0.2, 0.25) is 0 Å². The molecule has 0 bridgehead atoms. The summed E-state index contributed by atoms with van der Waals surface area (Å²) in [7, 11) is -3.88. The van der Waals surface area contributed by atoms with Crippen molar-refractivity contribution >= 4 is 15.7 Å². The van der Waals surface area contributed by atoms with Crippen LogP contribution in [-0.2, 0) is 10.0 Å². The molecule has 0 unspecified atom stereocenters. The highest BCUT2D eigenvalue weighted by Gasteiger charge is 2.23. The molecule has 0 saturated heterocycles. The molecule has 27 heavy (non-hydrogen) atoms. The smallest absolute Gasteiger partial charge is 0.258 e. The standard InChI is InChI=1S/C20H18N2O4S/c1-15-7-9-17(10-8-15)20(16-5-3-2-4-6-16)21-27(25,26)19-13-11-18(12-14-19)22(23)24/h2-14,20-21H,1H3/t20-/m1/s1. The molecule has 7 heteroatoms. The van der Waals surface area contributed by atoms with Gasteiger partial charge in [-0.3, -0.25) is 10.1 Å². The molecule has 0 fully saturated rings. The number of sulfonamides is 1. The highest BCUT2D eigenvalue weighted by molar-refractivity contribution is 7.89. The van der Waals surface area contributed by atoms with Crippen molar-refractivity contribution in [3.8, 4) is 0 Å². The number of nitro groups is 1. The fourth-order valence-electron chi connectivity index (χ4n) is 2.70. The molecule has 6 nitrogen and oxygen atoms in total. The molecule has 0 saturated carbocycles. The van der Waals surface area contributed by atoms with Crippen molar-refractivity contribution in [1.82, 2.24) is 4.72 Å². The average Bonchev–Trinajstić information content (AvgIpc) is 2.68. The van der Waals surface area contributed by atoms with Crippen LogP contribution in [0.15, 0.2) is 83.8 Å². The number of nitro benzene ring substituents is 1. The molecule has 1 atom stereocenters. The van der Waals surface area contributed by atoms with Gasteiger partial charge in [0.25, 0.3) is 5.69 Å². The predicted molar refractivity (Wildman–Crippen MR) is 103 cm³/mol. The van der Waals surface area contributed by atoms with E-state index in [1.165, 1.54) is 24.3 Å². The lowest BCUT2D eigenvalue weighted by molar-refractivity contribution is -0.384. The maximum atomic E-state index is 12.9. The van der Waals surface area contributed by atoms with Gasteiger partial charge in [0.1, 0.15) is 0 Å². The number of non-ortho nitro benzene ring substituents is 1. The van der Waals surface area contributed by atoms with Crippen LogP contribution in [0.5, 0.6) is 0 Å². The Kier molecular flexibility index (Phi) is 5.34. The molecule has 0 aromatic heterocycles. The van der Waals surface area contributed by atoms with Gasteiger partial charge in [0.2, 0.25) is 10.0 Å². The second kappa shape index (κ2) is 7.69. The number of nitrogens with one attached hydrogen (secondary N) is 1. The van der Waals surface area contributed by atoms with Gasteiger partial charge in [-0.25, -0.2) is 8.42 Å². The van der Waals surface area contributed by atoms with Gasteiger partial charge in [0.05, 0.1) is 15.9 Å². The topological polar surface area (TPSA) is 89.3 Å². The van der Waals surface area contributed by atoms with Gasteiger partial charge in [-0.2, -0.15) is 4.72 Å². The summed E-state index contributed by atoms with van der Waals surface area (Å²) in [6.45, 7) is 1.96. The molecule has 0 amide bonds. The lowest BCUT2D eigenvalue weighted by Crippen LogP contribution is -2.29. The zero-order valence-electron chi connectivity index (χ0n) is 14.6. The minimum absolute atomic E-state index is 0.0267. The first-order chi connectivity index (χ1) is 12.9. The minimum atomic E-state index is -3.88. The van der Waals surface area contributed by atoms with Gasteiger partial charge in [0, 0.05) is 12.1 Å². The summed E-state index contributed by atoms with van der Waals surface area (Å²) in [4.78, 5) is 10.2. The van der Waals surface area contributed by atoms with E-state index in [1.54, 1.807) is 0 Å². The quantitative estimate of drug-likeness (QED) is 0.516. The summed E-state index contributed by atoms with van der Waals surface area (Å²) in [5.74, 6) is 0. The van der Waals surface area contributed by atoms with E-state index < -0.39 is 21.0 Å². The van der Waals surface area contributed by atoms with Gasteiger partial charge in [0.15, 0.2) is 0 Å². The zero-order chi connectivity index (χ0) is 19.4. The van der Waals surface area contributed by atoms with Gasteiger partial charge in [-0.05, 0) is 30.2 Å². The van der Waals surface area contributed by atoms with E-state index in [9.17, 15) is 18.5 Å². The van der Waals surface area contributed by atoms with E-state index in [2.05, 4.69) is 4.72 Å². The first-order valence-electron chi connectivity index (χ1n) is 8.25. The molecule has 1 N–H and O–H groups in total. The molecule has 3 rings (SSSR count). The third-order valence-corrected chi connectivity index (χ3v) is 5.61. The molecule has 3 aromatic carbocycles. The van der Waals surface area contributed by atoms with Crippen molar-refractivity contribution in [3.05, 3.63) is 106 Å². The summed E-state index contributed by atoms with van der Waals surface area (Å²) >= 11 is 0. The molecule has 0 spiro atoms. The molecule has 0 aliphatic rings. The number of benzene rings is 3. The predicted octanol–water partition coefficient (Wildman–Crippen LogP) is 3.97. The van der Waals surface area contributed by atoms with Crippen molar-refractivity contribution in [2.75, 3.05) is 0 Å². The van der Waals surface area contributed by atoms with E-state index >= 15 is 0 Å². The lowest BCUT2D eigenvalue weighted by atomic mass is 9.99. The van der Waals surface area contributed by atoms with Crippen molar-refractivity contribution in [1.29, 1.82) is 0 Å². The molecular formula is C20H18N2O4S. The number of hydrogen-bond acceptors (Lipinski definition) is 4. The van der Waals surface area contributed by atoms with Crippen LogP contribution in [0.25, 0.3) is 0 Å². The zero-order valence-corrected chi connectivity index (χ0v) is 15.4. The van der Waals surface area contributed by atoms with Crippen molar-refractivity contribution < 1.29 is 13.3 Å². The Balaban J connectivity index is 1.98. The Hall–Kier alpha value is -3.03. The highest BCUT2D eigenvalue weighted by atomic mass is 32.2. The van der Waals surface area contributed by atoms with Crippen LogP contribution in [0.3, 0.4) is 0 Å². The maximum absolute atomic E-state index is 12.9. The van der Waals surface area contributed by atoms with E-state index in [1.807, 2.05) is 61.5 Å². The van der Waals surface area contributed by atoms with Crippen molar-refractivity contribution in [2.45, 2.75) is 17.9 Å². The summed E-state index contributed by atoms with van der Waals surface area (Å²) in [6.07, 6.45) is 0. The minimum Gasteiger partial charge on any atom is -0.258 e. The third-order valence-electron chi connectivity index (χ3n) is 4.17. The van der Waals surface area contributed by atoms with Crippen LogP contribution in [-0.4, -0.2) is 13.3 Å². The SMILES string of the molecule is Cc1ccc([C@H](NS(=O)(=O)c2ccc([N+](=O)[O-])cc2)c2ccccc2)cc1. The Morgan fingerprint density at radius 3 is 1.96 bits per heavy atom. The van der Waals surface area contributed by atoms with E-state index in [-0.39, 0.29) is 10.6 Å². The monoisotopic (exact) mass is 382 g/mol. The van der Waals surface area contributed by atoms with Gasteiger partial charge in [-0.15, -0.1) is 0 Å². The van der Waals surface area contributed by atoms with Crippen LogP contribution >= 0.6 is 0 Å². The van der Waals surface area contributed by atoms with E-state index in [4.69, 9.17) is 0 Å². The molecule has 0 heterocycles. The second-order valence-corrected chi connectivity index (χ2v) is 7.84. The van der Waals surface area contributed by atoms with E-state index in [0.717, 1.165) is 16.7 Å². The molecule has 3 aromatic rings. The molecule has 0 aliphatic carbocycles. The third kappa shape index (κ3) is 4.39. The number of rotatable bonds is 6. The van der Waals surface area contributed by atoms with Crippen LogP contribution in [0.1, 0.15) is 22.7 Å². The van der Waals surface area contributed by atoms with Gasteiger partial charge >= 0.3 is 0 Å². The number of hydrogen-bond donors (Lipinski definition) is 1. The number of nitrogens with zero attached hydrogens (tertiary/aromatic N) is 1. The Labute approximate surface area is 157 Å². The maximum Gasteiger partial charge on any atom is 0.269 e. The first-order valence-corrected chi connectivity index (χ1v) is 9.73. The van der Waals surface area contributed by atoms with Crippen LogP contribution in [0, 0.1) is 17.0 Å². The highest BCUT2D eigenvalue weighted by Crippen LogP contribution is 2.25. The van der Waals surface area contributed by atoms with Gasteiger partial charge < -0.3 is 0 Å². The second-order valence-electron chi connectivity index (χ2n) is 6.13. The summed E-state index contributed by atoms with van der Waals surface area (Å²) in [5, 5.41) is 10.8. The fraction of sp³-hybridized carbons (Fsp3) is 0.100. The molecule has 138 valence electrons. The Bertz CT molecular complexity index is 1030. The largest absolute Gasteiger partial charge is 0.269 e. The first kappa shape index (κ1) is 18.8. The van der Waals surface area contributed by atoms with Gasteiger partial charge in [-0.1, -0.05) is 60.2 Å². The Morgan fingerprint density at radius 2 is 1.41 bits per heavy atom. The van der Waals surface area contributed by atoms with Crippen molar-refractivity contribution in [2.24, 2.45) is 0 Å². The van der Waals surface area contributed by atoms with Crippen molar-refractivity contribution in [3.63, 3.8) is 0 Å². The van der Waals surface area contributed by atoms with E-state index in [0.29, 0.717) is 0 Å². The van der Waals surface area contributed by atoms with Crippen LogP contribution < -0.4 is 4.72 Å². The summed E-state index contributed by atoms with van der Waals surface area (Å²) in [6, 6.07) is 21.1. The molecule has 0 radical (unpaired) electrons. The molecular weight excluding hydrogens is 364 g/mol. The Morgan fingerprint density at radius 1 is 0.852 bits per heavy atom. The molecule has 0 aliphatic heterocycles. The fourth-order valence-corrected chi connectivity index (χ4v) is 3.92. The normalized spacial score (nSPS) is 12.5. The summed E-state index contributed by atoms with van der Waals surface area (Å²) in [5.41, 5.74) is 2.51.